The van der Waals surface area contributed by atoms with E-state index in [1.54, 1.807) is 12.1 Å². The van der Waals surface area contributed by atoms with E-state index in [0.717, 1.165) is 5.56 Å². The molecule has 1 aromatic rings. The molecule has 1 saturated heterocycles. The Morgan fingerprint density at radius 1 is 1.41 bits per heavy atom. The van der Waals surface area contributed by atoms with Crippen LogP contribution in [0, 0.1) is 5.41 Å². The summed E-state index contributed by atoms with van der Waals surface area (Å²) in [6.45, 7) is 4.40. The van der Waals surface area contributed by atoms with E-state index in [0.29, 0.717) is 16.7 Å². The Morgan fingerprint density at radius 3 is 2.76 bits per heavy atom. The van der Waals surface area contributed by atoms with Crippen LogP contribution in [-0.2, 0) is 4.74 Å². The molecular formula is C12H13Cl2NO2. The van der Waals surface area contributed by atoms with E-state index < -0.39 is 6.09 Å². The lowest BCUT2D eigenvalue weighted by atomic mass is 9.80. The molecule has 1 aromatic carbocycles. The summed E-state index contributed by atoms with van der Waals surface area (Å²) < 4.78 is 4.99. The van der Waals surface area contributed by atoms with E-state index >= 15 is 0 Å². The van der Waals surface area contributed by atoms with Gasteiger partial charge in [-0.15, -0.1) is 0 Å². The molecule has 0 aromatic heterocycles. The first-order valence-electron chi connectivity index (χ1n) is 5.28. The van der Waals surface area contributed by atoms with Crippen molar-refractivity contribution >= 4 is 29.3 Å². The highest BCUT2D eigenvalue weighted by Crippen LogP contribution is 2.39. The SMILES string of the molecule is CC1(C)COC(=O)N[C@H]1c1ccc(Cl)cc1Cl. The number of carbonyl (C=O) groups is 1. The zero-order valence-corrected chi connectivity index (χ0v) is 11.1. The van der Waals surface area contributed by atoms with Gasteiger partial charge in [-0.1, -0.05) is 43.1 Å². The molecule has 0 aliphatic carbocycles. The van der Waals surface area contributed by atoms with Gasteiger partial charge < -0.3 is 10.1 Å². The van der Waals surface area contributed by atoms with Gasteiger partial charge in [0.1, 0.15) is 6.61 Å². The van der Waals surface area contributed by atoms with Crippen molar-refractivity contribution in [1.82, 2.24) is 5.32 Å². The number of carbonyl (C=O) groups excluding carboxylic acids is 1. The van der Waals surface area contributed by atoms with Crippen LogP contribution in [0.5, 0.6) is 0 Å². The number of benzene rings is 1. The summed E-state index contributed by atoms with van der Waals surface area (Å²) in [5.74, 6) is 0. The van der Waals surface area contributed by atoms with Gasteiger partial charge in [-0.25, -0.2) is 4.79 Å². The Hall–Kier alpha value is -0.930. The molecule has 92 valence electrons. The summed E-state index contributed by atoms with van der Waals surface area (Å²) in [7, 11) is 0. The van der Waals surface area contributed by atoms with Crippen molar-refractivity contribution in [2.45, 2.75) is 19.9 Å². The second-order valence-electron chi connectivity index (χ2n) is 4.81. The third-order valence-electron chi connectivity index (χ3n) is 2.89. The van der Waals surface area contributed by atoms with E-state index in [9.17, 15) is 4.79 Å². The molecule has 0 unspecified atom stereocenters. The Kier molecular flexibility index (Phi) is 3.23. The average Bonchev–Trinajstić information content (AvgIpc) is 2.23. The minimum Gasteiger partial charge on any atom is -0.449 e. The summed E-state index contributed by atoms with van der Waals surface area (Å²) in [4.78, 5) is 11.3. The lowest BCUT2D eigenvalue weighted by Gasteiger charge is -2.38. The number of ether oxygens (including phenoxy) is 1. The molecule has 3 nitrogen and oxygen atoms in total. The van der Waals surface area contributed by atoms with Crippen LogP contribution in [-0.4, -0.2) is 12.7 Å². The van der Waals surface area contributed by atoms with Gasteiger partial charge >= 0.3 is 6.09 Å². The molecule has 1 aliphatic heterocycles. The molecule has 0 spiro atoms. The molecule has 0 radical (unpaired) electrons. The van der Waals surface area contributed by atoms with Crippen LogP contribution < -0.4 is 5.32 Å². The van der Waals surface area contributed by atoms with Crippen LogP contribution in [0.2, 0.25) is 10.0 Å². The van der Waals surface area contributed by atoms with Gasteiger partial charge in [0.2, 0.25) is 0 Å². The highest BCUT2D eigenvalue weighted by atomic mass is 35.5. The fourth-order valence-corrected chi connectivity index (χ4v) is 2.44. The maximum Gasteiger partial charge on any atom is 0.407 e. The summed E-state index contributed by atoms with van der Waals surface area (Å²) in [5.41, 5.74) is 0.642. The third kappa shape index (κ3) is 2.50. The van der Waals surface area contributed by atoms with Crippen LogP contribution in [0.15, 0.2) is 18.2 Å². The minimum absolute atomic E-state index is 0.173. The molecule has 2 rings (SSSR count). The fraction of sp³-hybridized carbons (Fsp3) is 0.417. The normalized spacial score (nSPS) is 22.8. The van der Waals surface area contributed by atoms with Crippen molar-refractivity contribution in [3.05, 3.63) is 33.8 Å². The molecular weight excluding hydrogens is 261 g/mol. The highest BCUT2D eigenvalue weighted by Gasteiger charge is 2.38. The van der Waals surface area contributed by atoms with Crippen LogP contribution in [0.3, 0.4) is 0 Å². The van der Waals surface area contributed by atoms with Crippen molar-refractivity contribution < 1.29 is 9.53 Å². The number of halogens is 2. The van der Waals surface area contributed by atoms with Gasteiger partial charge in [0, 0.05) is 15.5 Å². The molecule has 0 bridgehead atoms. The largest absolute Gasteiger partial charge is 0.449 e. The number of nitrogens with one attached hydrogen (secondary N) is 1. The number of alkyl carbamates (subject to hydrolysis) is 1. The van der Waals surface area contributed by atoms with Crippen molar-refractivity contribution in [3.8, 4) is 0 Å². The maximum absolute atomic E-state index is 11.3. The molecule has 0 saturated carbocycles. The summed E-state index contributed by atoms with van der Waals surface area (Å²) in [5, 5.41) is 3.93. The predicted molar refractivity (Wildman–Crippen MR) is 67.5 cm³/mol. The van der Waals surface area contributed by atoms with Crippen LogP contribution in [0.1, 0.15) is 25.5 Å². The third-order valence-corrected chi connectivity index (χ3v) is 3.45. The summed E-state index contributed by atoms with van der Waals surface area (Å²) in [6.07, 6.45) is -0.416. The maximum atomic E-state index is 11.3. The van der Waals surface area contributed by atoms with Gasteiger partial charge in [0.15, 0.2) is 0 Å². The first kappa shape index (κ1) is 12.5. The second-order valence-corrected chi connectivity index (χ2v) is 5.65. The standard InChI is InChI=1S/C12H13Cl2NO2/c1-12(2)6-17-11(16)15-10(12)8-4-3-7(13)5-9(8)14/h3-5,10H,6H2,1-2H3,(H,15,16)/t10-/m0/s1. The lowest BCUT2D eigenvalue weighted by molar-refractivity contribution is 0.0388. The van der Waals surface area contributed by atoms with E-state index in [1.807, 2.05) is 19.9 Å². The molecule has 1 heterocycles. The van der Waals surface area contributed by atoms with Crippen molar-refractivity contribution in [1.29, 1.82) is 0 Å². The molecule has 1 fully saturated rings. The van der Waals surface area contributed by atoms with E-state index in [-0.39, 0.29) is 11.5 Å². The van der Waals surface area contributed by atoms with E-state index in [1.165, 1.54) is 0 Å². The molecule has 1 N–H and O–H groups in total. The lowest BCUT2D eigenvalue weighted by Crippen LogP contribution is -2.47. The van der Waals surface area contributed by atoms with Crippen molar-refractivity contribution in [2.24, 2.45) is 5.41 Å². The smallest absolute Gasteiger partial charge is 0.407 e. The first-order valence-corrected chi connectivity index (χ1v) is 6.04. The van der Waals surface area contributed by atoms with E-state index in [2.05, 4.69) is 5.32 Å². The van der Waals surface area contributed by atoms with Gasteiger partial charge in [-0.3, -0.25) is 0 Å². The number of hydrogen-bond acceptors (Lipinski definition) is 2. The van der Waals surface area contributed by atoms with Crippen LogP contribution in [0.25, 0.3) is 0 Å². The van der Waals surface area contributed by atoms with Gasteiger partial charge in [0.05, 0.1) is 6.04 Å². The average molecular weight is 274 g/mol. The summed E-state index contributed by atoms with van der Waals surface area (Å²) in [6, 6.07) is 5.10. The topological polar surface area (TPSA) is 38.3 Å². The van der Waals surface area contributed by atoms with Gasteiger partial charge in [-0.2, -0.15) is 0 Å². The molecule has 1 atom stereocenters. The molecule has 1 aliphatic rings. The van der Waals surface area contributed by atoms with Gasteiger partial charge in [-0.05, 0) is 17.7 Å². The van der Waals surface area contributed by atoms with Gasteiger partial charge in [0.25, 0.3) is 0 Å². The Morgan fingerprint density at radius 2 is 2.12 bits per heavy atom. The molecule has 1 amide bonds. The number of cyclic esters (lactones) is 1. The monoisotopic (exact) mass is 273 g/mol. The number of rotatable bonds is 1. The second kappa shape index (κ2) is 4.39. The van der Waals surface area contributed by atoms with Crippen molar-refractivity contribution in [2.75, 3.05) is 6.61 Å². The quantitative estimate of drug-likeness (QED) is 0.845. The first-order chi connectivity index (χ1) is 7.90. The van der Waals surface area contributed by atoms with Crippen LogP contribution in [0.4, 0.5) is 4.79 Å². The Labute approximate surface area is 110 Å². The molecule has 17 heavy (non-hydrogen) atoms. The number of hydrogen-bond donors (Lipinski definition) is 1. The predicted octanol–water partition coefficient (Wildman–Crippen LogP) is 3.80. The van der Waals surface area contributed by atoms with Crippen molar-refractivity contribution in [3.63, 3.8) is 0 Å². The molecule has 5 heteroatoms. The minimum atomic E-state index is -0.416. The summed E-state index contributed by atoms with van der Waals surface area (Å²) >= 11 is 12.0. The Balaban J connectivity index is 2.39. The zero-order valence-electron chi connectivity index (χ0n) is 9.59. The highest BCUT2D eigenvalue weighted by molar-refractivity contribution is 6.35. The zero-order chi connectivity index (χ0) is 12.6. The fourth-order valence-electron chi connectivity index (χ4n) is 1.92. The van der Waals surface area contributed by atoms with E-state index in [4.69, 9.17) is 27.9 Å². The number of amides is 1. The van der Waals surface area contributed by atoms with Crippen LogP contribution >= 0.6 is 23.2 Å². The Bertz CT molecular complexity index is 460.